The molecular formula is C12H10N4O2. The van der Waals surface area contributed by atoms with Crippen molar-refractivity contribution < 1.29 is 9.47 Å². The van der Waals surface area contributed by atoms with Crippen LogP contribution in [0.2, 0.25) is 0 Å². The summed E-state index contributed by atoms with van der Waals surface area (Å²) in [6.07, 6.45) is 0. The van der Waals surface area contributed by atoms with Gasteiger partial charge in [-0.05, 0) is 18.2 Å². The largest absolute Gasteiger partial charge is 0.454 e. The SMILES string of the molecule is Cn1c(-c2ccc3c(c2)OCO3)nc(C#N)c1N. The molecule has 0 unspecified atom stereocenters. The Hall–Kier alpha value is -2.68. The number of nitrogens with zero attached hydrogens (tertiary/aromatic N) is 3. The fourth-order valence-electron chi connectivity index (χ4n) is 1.89. The van der Waals surface area contributed by atoms with Crippen molar-refractivity contribution >= 4 is 5.82 Å². The molecule has 90 valence electrons. The number of aromatic nitrogens is 2. The van der Waals surface area contributed by atoms with Gasteiger partial charge in [-0.3, -0.25) is 0 Å². The van der Waals surface area contributed by atoms with Crippen molar-refractivity contribution in [1.29, 1.82) is 5.26 Å². The van der Waals surface area contributed by atoms with E-state index in [1.165, 1.54) is 0 Å². The second-order valence-corrected chi connectivity index (χ2v) is 3.91. The molecule has 0 radical (unpaired) electrons. The number of imidazole rings is 1. The summed E-state index contributed by atoms with van der Waals surface area (Å²) in [4.78, 5) is 4.20. The van der Waals surface area contributed by atoms with Crippen LogP contribution in [0.25, 0.3) is 11.4 Å². The lowest BCUT2D eigenvalue weighted by Crippen LogP contribution is -1.98. The fourth-order valence-corrected chi connectivity index (χ4v) is 1.89. The molecule has 1 aromatic carbocycles. The topological polar surface area (TPSA) is 86.1 Å². The standard InChI is InChI=1S/C12H10N4O2/c1-16-11(14)8(5-13)15-12(16)7-2-3-9-10(4-7)18-6-17-9/h2-4H,6,14H2,1H3. The number of hydrogen-bond acceptors (Lipinski definition) is 5. The van der Waals surface area contributed by atoms with Gasteiger partial charge in [0.25, 0.3) is 0 Å². The van der Waals surface area contributed by atoms with Gasteiger partial charge in [-0.1, -0.05) is 0 Å². The average Bonchev–Trinajstić information content (AvgIpc) is 2.95. The number of ether oxygens (including phenoxy) is 2. The number of nitrogens with two attached hydrogens (primary N) is 1. The van der Waals surface area contributed by atoms with Gasteiger partial charge in [-0.2, -0.15) is 5.26 Å². The third kappa shape index (κ3) is 1.38. The van der Waals surface area contributed by atoms with Crippen LogP contribution >= 0.6 is 0 Å². The second-order valence-electron chi connectivity index (χ2n) is 3.91. The van der Waals surface area contributed by atoms with Gasteiger partial charge in [0, 0.05) is 12.6 Å². The number of nitrogen functional groups attached to an aromatic ring is 1. The highest BCUT2D eigenvalue weighted by atomic mass is 16.7. The molecule has 1 aliphatic heterocycles. The van der Waals surface area contributed by atoms with E-state index < -0.39 is 0 Å². The molecule has 2 N–H and O–H groups in total. The van der Waals surface area contributed by atoms with Gasteiger partial charge in [0.1, 0.15) is 17.7 Å². The third-order valence-electron chi connectivity index (χ3n) is 2.88. The Labute approximate surface area is 103 Å². The predicted molar refractivity (Wildman–Crippen MR) is 63.9 cm³/mol. The summed E-state index contributed by atoms with van der Waals surface area (Å²) in [5.74, 6) is 2.36. The zero-order chi connectivity index (χ0) is 12.7. The molecule has 2 aromatic rings. The monoisotopic (exact) mass is 242 g/mol. The van der Waals surface area contributed by atoms with Crippen LogP contribution in [0.5, 0.6) is 11.5 Å². The van der Waals surface area contributed by atoms with Crippen molar-refractivity contribution in [2.24, 2.45) is 7.05 Å². The maximum Gasteiger partial charge on any atom is 0.231 e. The Morgan fingerprint density at radius 2 is 2.17 bits per heavy atom. The summed E-state index contributed by atoms with van der Waals surface area (Å²) < 4.78 is 12.2. The Morgan fingerprint density at radius 3 is 2.89 bits per heavy atom. The highest BCUT2D eigenvalue weighted by molar-refractivity contribution is 5.66. The van der Waals surface area contributed by atoms with Gasteiger partial charge in [-0.25, -0.2) is 4.98 Å². The van der Waals surface area contributed by atoms with E-state index in [1.54, 1.807) is 11.6 Å². The molecule has 6 nitrogen and oxygen atoms in total. The van der Waals surface area contributed by atoms with E-state index >= 15 is 0 Å². The van der Waals surface area contributed by atoms with Crippen LogP contribution in [0.15, 0.2) is 18.2 Å². The van der Waals surface area contributed by atoms with E-state index in [0.717, 1.165) is 5.56 Å². The minimum absolute atomic E-state index is 0.227. The Kier molecular flexibility index (Phi) is 2.13. The van der Waals surface area contributed by atoms with E-state index in [0.29, 0.717) is 23.1 Å². The molecule has 2 heterocycles. The van der Waals surface area contributed by atoms with Crippen LogP contribution in [0.3, 0.4) is 0 Å². The van der Waals surface area contributed by atoms with Gasteiger partial charge in [0.2, 0.25) is 6.79 Å². The molecule has 0 fully saturated rings. The molecule has 18 heavy (non-hydrogen) atoms. The van der Waals surface area contributed by atoms with Crippen molar-refractivity contribution in [2.45, 2.75) is 0 Å². The predicted octanol–water partition coefficient (Wildman–Crippen LogP) is 1.27. The molecule has 6 heteroatoms. The summed E-state index contributed by atoms with van der Waals surface area (Å²) in [5, 5.41) is 8.91. The van der Waals surface area contributed by atoms with E-state index in [4.69, 9.17) is 20.5 Å². The fraction of sp³-hybridized carbons (Fsp3) is 0.167. The third-order valence-corrected chi connectivity index (χ3v) is 2.88. The number of nitriles is 1. The summed E-state index contributed by atoms with van der Waals surface area (Å²) in [6.45, 7) is 0.227. The van der Waals surface area contributed by atoms with Gasteiger partial charge < -0.3 is 19.8 Å². The zero-order valence-corrected chi connectivity index (χ0v) is 9.67. The molecule has 0 saturated heterocycles. The van der Waals surface area contributed by atoms with Crippen molar-refractivity contribution in [3.63, 3.8) is 0 Å². The smallest absolute Gasteiger partial charge is 0.231 e. The summed E-state index contributed by atoms with van der Waals surface area (Å²) in [7, 11) is 1.77. The highest BCUT2D eigenvalue weighted by Gasteiger charge is 2.18. The molecule has 1 aliphatic rings. The van der Waals surface area contributed by atoms with E-state index in [9.17, 15) is 0 Å². The number of hydrogen-bond donors (Lipinski definition) is 1. The van der Waals surface area contributed by atoms with Crippen molar-refractivity contribution in [3.8, 4) is 29.0 Å². The van der Waals surface area contributed by atoms with Crippen LogP contribution in [0.4, 0.5) is 5.82 Å². The maximum atomic E-state index is 8.91. The first-order valence-electron chi connectivity index (χ1n) is 5.33. The Balaban J connectivity index is 2.13. The van der Waals surface area contributed by atoms with Crippen LogP contribution in [-0.2, 0) is 7.05 Å². The molecule has 0 bridgehead atoms. The van der Waals surface area contributed by atoms with Crippen molar-refractivity contribution in [1.82, 2.24) is 9.55 Å². The first kappa shape index (κ1) is 10.5. The summed E-state index contributed by atoms with van der Waals surface area (Å²) >= 11 is 0. The van der Waals surface area contributed by atoms with Gasteiger partial charge in [0.15, 0.2) is 17.2 Å². The molecule has 3 rings (SSSR count). The molecule has 0 atom stereocenters. The quantitative estimate of drug-likeness (QED) is 0.813. The average molecular weight is 242 g/mol. The number of anilines is 1. The van der Waals surface area contributed by atoms with Crippen LogP contribution in [-0.4, -0.2) is 16.3 Å². The maximum absolute atomic E-state index is 8.91. The van der Waals surface area contributed by atoms with E-state index in [-0.39, 0.29) is 12.5 Å². The van der Waals surface area contributed by atoms with Gasteiger partial charge in [-0.15, -0.1) is 0 Å². The molecule has 0 amide bonds. The van der Waals surface area contributed by atoms with Crippen LogP contribution in [0, 0.1) is 11.3 Å². The van der Waals surface area contributed by atoms with E-state index in [2.05, 4.69) is 4.98 Å². The molecule has 0 spiro atoms. The highest BCUT2D eigenvalue weighted by Crippen LogP contribution is 2.36. The lowest BCUT2D eigenvalue weighted by Gasteiger charge is -2.03. The number of fused-ring (bicyclic) bond motifs is 1. The Bertz CT molecular complexity index is 669. The second kappa shape index (κ2) is 3.67. The van der Waals surface area contributed by atoms with Crippen LogP contribution < -0.4 is 15.2 Å². The summed E-state index contributed by atoms with van der Waals surface area (Å²) in [6, 6.07) is 7.46. The molecular weight excluding hydrogens is 232 g/mol. The summed E-state index contributed by atoms with van der Waals surface area (Å²) in [5.41, 5.74) is 6.84. The Morgan fingerprint density at radius 1 is 1.39 bits per heavy atom. The lowest BCUT2D eigenvalue weighted by atomic mass is 10.2. The molecule has 1 aromatic heterocycles. The normalized spacial score (nSPS) is 12.4. The van der Waals surface area contributed by atoms with Gasteiger partial charge >= 0.3 is 0 Å². The minimum atomic E-state index is 0.227. The molecule has 0 saturated carbocycles. The molecule has 0 aliphatic carbocycles. The first-order chi connectivity index (χ1) is 8.70. The zero-order valence-electron chi connectivity index (χ0n) is 9.67. The van der Waals surface area contributed by atoms with Crippen molar-refractivity contribution in [3.05, 3.63) is 23.9 Å². The number of benzene rings is 1. The van der Waals surface area contributed by atoms with Crippen LogP contribution in [0.1, 0.15) is 5.69 Å². The number of rotatable bonds is 1. The van der Waals surface area contributed by atoms with Gasteiger partial charge in [0.05, 0.1) is 0 Å². The first-order valence-corrected chi connectivity index (χ1v) is 5.33. The van der Waals surface area contributed by atoms with Crippen molar-refractivity contribution in [2.75, 3.05) is 12.5 Å². The van der Waals surface area contributed by atoms with E-state index in [1.807, 2.05) is 24.3 Å². The minimum Gasteiger partial charge on any atom is -0.454 e. The lowest BCUT2D eigenvalue weighted by molar-refractivity contribution is 0.174.